The van der Waals surface area contributed by atoms with Gasteiger partial charge in [0.1, 0.15) is 0 Å². The molecule has 0 bridgehead atoms. The Hall–Kier alpha value is -0.960. The van der Waals surface area contributed by atoms with E-state index in [0.717, 1.165) is 37.6 Å². The molecule has 2 aliphatic carbocycles. The van der Waals surface area contributed by atoms with Crippen LogP contribution in [-0.2, 0) is 32.2 Å². The van der Waals surface area contributed by atoms with E-state index in [1.54, 1.807) is 0 Å². The van der Waals surface area contributed by atoms with E-state index in [4.69, 9.17) is 28.6 Å². The van der Waals surface area contributed by atoms with Gasteiger partial charge in [-0.15, -0.1) is 12.4 Å². The summed E-state index contributed by atoms with van der Waals surface area (Å²) < 4.78 is 2.48. The van der Waals surface area contributed by atoms with Crippen LogP contribution in [0.5, 0.6) is 0 Å². The van der Waals surface area contributed by atoms with Gasteiger partial charge in [0, 0.05) is 17.9 Å². The second-order valence-corrected chi connectivity index (χ2v) is 7.44. The monoisotopic (exact) mass is 382 g/mol. The lowest BCUT2D eigenvalue weighted by Crippen LogP contribution is -2.27. The number of halogens is 3. The van der Waals surface area contributed by atoms with Gasteiger partial charge in [0.25, 0.3) is 0 Å². The van der Waals surface area contributed by atoms with Crippen LogP contribution in [0.1, 0.15) is 47.3 Å². The molecule has 2 aromatic rings. The van der Waals surface area contributed by atoms with Gasteiger partial charge in [-0.2, -0.15) is 0 Å². The SMILES string of the molecule is Cl.N=c1c2c(n(Cc3ccc(Cl)c(Cl)c3)c3c1CCC3)CCCC2. The summed E-state index contributed by atoms with van der Waals surface area (Å²) in [5.74, 6) is 0. The van der Waals surface area contributed by atoms with Crippen LogP contribution in [0.4, 0.5) is 0 Å². The normalized spacial score (nSPS) is 15.6. The minimum absolute atomic E-state index is 0. The summed E-state index contributed by atoms with van der Waals surface area (Å²) in [6.07, 6.45) is 7.92. The molecule has 128 valence electrons. The van der Waals surface area contributed by atoms with Gasteiger partial charge >= 0.3 is 0 Å². The molecule has 5 heteroatoms. The maximum atomic E-state index is 8.59. The second-order valence-electron chi connectivity index (χ2n) is 6.62. The predicted molar refractivity (Wildman–Crippen MR) is 102 cm³/mol. The molecular weight excluding hydrogens is 363 g/mol. The van der Waals surface area contributed by atoms with Crippen molar-refractivity contribution in [2.45, 2.75) is 51.5 Å². The molecule has 0 amide bonds. The molecule has 0 radical (unpaired) electrons. The van der Waals surface area contributed by atoms with Gasteiger partial charge in [0.2, 0.25) is 0 Å². The van der Waals surface area contributed by atoms with Gasteiger partial charge in [-0.25, -0.2) is 0 Å². The molecule has 4 rings (SSSR count). The third kappa shape index (κ3) is 3.00. The molecule has 0 fully saturated rings. The maximum absolute atomic E-state index is 8.59. The van der Waals surface area contributed by atoms with Gasteiger partial charge < -0.3 is 9.98 Å². The molecule has 0 aliphatic heterocycles. The standard InChI is InChI=1S/C19H20Cl2N2.ClH/c20-15-9-8-12(10-16(15)21)11-23-17-6-2-1-4-13(17)19(22)14-5-3-7-18(14)23;/h8-10,22H,1-7,11H2;1H. The lowest BCUT2D eigenvalue weighted by Gasteiger charge is -2.26. The Labute approximate surface area is 158 Å². The van der Waals surface area contributed by atoms with E-state index in [0.29, 0.717) is 10.0 Å². The fourth-order valence-corrected chi connectivity index (χ4v) is 4.43. The molecule has 0 saturated carbocycles. The molecule has 0 unspecified atom stereocenters. The quantitative estimate of drug-likeness (QED) is 0.746. The molecule has 0 saturated heterocycles. The molecule has 2 nitrogen and oxygen atoms in total. The molecule has 1 aromatic heterocycles. The smallest absolute Gasteiger partial charge is 0.0638 e. The van der Waals surface area contributed by atoms with Crippen molar-refractivity contribution in [2.24, 2.45) is 0 Å². The number of rotatable bonds is 2. The van der Waals surface area contributed by atoms with Crippen LogP contribution in [0.2, 0.25) is 10.0 Å². The number of nitrogens with one attached hydrogen (secondary N) is 1. The first-order chi connectivity index (χ1) is 11.1. The van der Waals surface area contributed by atoms with E-state index in [9.17, 15) is 0 Å². The van der Waals surface area contributed by atoms with Crippen LogP contribution in [-0.4, -0.2) is 4.57 Å². The Morgan fingerprint density at radius 2 is 1.50 bits per heavy atom. The van der Waals surface area contributed by atoms with Crippen molar-refractivity contribution < 1.29 is 0 Å². The highest BCUT2D eigenvalue weighted by atomic mass is 35.5. The van der Waals surface area contributed by atoms with E-state index >= 15 is 0 Å². The van der Waals surface area contributed by atoms with Crippen LogP contribution in [0, 0.1) is 5.41 Å². The Morgan fingerprint density at radius 3 is 2.21 bits per heavy atom. The van der Waals surface area contributed by atoms with Crippen molar-refractivity contribution in [3.63, 3.8) is 0 Å². The lowest BCUT2D eigenvalue weighted by molar-refractivity contribution is 0.590. The van der Waals surface area contributed by atoms with Crippen LogP contribution < -0.4 is 5.36 Å². The van der Waals surface area contributed by atoms with E-state index in [1.807, 2.05) is 12.1 Å². The highest BCUT2D eigenvalue weighted by Gasteiger charge is 2.24. The van der Waals surface area contributed by atoms with E-state index in [2.05, 4.69) is 10.6 Å². The zero-order valence-electron chi connectivity index (χ0n) is 13.5. The van der Waals surface area contributed by atoms with Crippen LogP contribution in [0.3, 0.4) is 0 Å². The first-order valence-corrected chi connectivity index (χ1v) is 9.15. The summed E-state index contributed by atoms with van der Waals surface area (Å²) in [5, 5.41) is 10.6. The Kier molecular flexibility index (Phi) is 5.29. The average Bonchev–Trinajstić information content (AvgIpc) is 3.04. The summed E-state index contributed by atoms with van der Waals surface area (Å²) in [6, 6.07) is 5.92. The topological polar surface area (TPSA) is 28.8 Å². The summed E-state index contributed by atoms with van der Waals surface area (Å²) >= 11 is 12.2. The second kappa shape index (κ2) is 7.11. The molecule has 1 N–H and O–H groups in total. The molecule has 24 heavy (non-hydrogen) atoms. The summed E-state index contributed by atoms with van der Waals surface area (Å²) in [6.45, 7) is 0.835. The number of aromatic nitrogens is 1. The number of hydrogen-bond acceptors (Lipinski definition) is 1. The largest absolute Gasteiger partial charge is 0.344 e. The van der Waals surface area contributed by atoms with Crippen LogP contribution >= 0.6 is 35.6 Å². The molecular formula is C19H21Cl3N2. The minimum Gasteiger partial charge on any atom is -0.344 e. The highest BCUT2D eigenvalue weighted by Crippen LogP contribution is 2.29. The average molecular weight is 384 g/mol. The van der Waals surface area contributed by atoms with Gasteiger partial charge in [0.05, 0.1) is 15.4 Å². The Morgan fingerprint density at radius 1 is 0.875 bits per heavy atom. The van der Waals surface area contributed by atoms with E-state index in [-0.39, 0.29) is 12.4 Å². The van der Waals surface area contributed by atoms with Crippen molar-refractivity contribution in [3.8, 4) is 0 Å². The van der Waals surface area contributed by atoms with Crippen molar-refractivity contribution >= 4 is 35.6 Å². The fourth-order valence-electron chi connectivity index (χ4n) is 4.11. The van der Waals surface area contributed by atoms with Crippen molar-refractivity contribution in [2.75, 3.05) is 0 Å². The first kappa shape index (κ1) is 17.8. The molecule has 1 aromatic carbocycles. The van der Waals surface area contributed by atoms with Gasteiger partial charge in [-0.1, -0.05) is 29.3 Å². The zero-order chi connectivity index (χ0) is 16.0. The van der Waals surface area contributed by atoms with Gasteiger partial charge in [-0.05, 0) is 73.8 Å². The minimum atomic E-state index is 0. The number of nitrogens with zero attached hydrogens (tertiary/aromatic N) is 1. The maximum Gasteiger partial charge on any atom is 0.0638 e. The van der Waals surface area contributed by atoms with Crippen molar-refractivity contribution in [3.05, 3.63) is 61.7 Å². The number of fused-ring (bicyclic) bond motifs is 2. The summed E-state index contributed by atoms with van der Waals surface area (Å²) in [5.41, 5.74) is 6.52. The molecule has 0 atom stereocenters. The Balaban J connectivity index is 0.00000169. The van der Waals surface area contributed by atoms with E-state index < -0.39 is 0 Å². The molecule has 2 aliphatic rings. The van der Waals surface area contributed by atoms with Crippen LogP contribution in [0.25, 0.3) is 0 Å². The zero-order valence-corrected chi connectivity index (χ0v) is 15.8. The lowest BCUT2D eigenvalue weighted by atomic mass is 9.92. The fraction of sp³-hybridized carbons (Fsp3) is 0.421. The van der Waals surface area contributed by atoms with Crippen molar-refractivity contribution in [1.29, 1.82) is 5.41 Å². The first-order valence-electron chi connectivity index (χ1n) is 8.40. The molecule has 0 spiro atoms. The van der Waals surface area contributed by atoms with Crippen molar-refractivity contribution in [1.82, 2.24) is 4.57 Å². The highest BCUT2D eigenvalue weighted by molar-refractivity contribution is 6.42. The Bertz CT molecular complexity index is 839. The number of pyridine rings is 1. The summed E-state index contributed by atoms with van der Waals surface area (Å²) in [7, 11) is 0. The van der Waals surface area contributed by atoms with Crippen LogP contribution in [0.15, 0.2) is 18.2 Å². The molecule has 1 heterocycles. The third-order valence-corrected chi connectivity index (χ3v) is 5.95. The predicted octanol–water partition coefficient (Wildman–Crippen LogP) is 5.11. The van der Waals surface area contributed by atoms with Gasteiger partial charge in [0.15, 0.2) is 0 Å². The van der Waals surface area contributed by atoms with E-state index in [1.165, 1.54) is 47.3 Å². The number of benzene rings is 1. The summed E-state index contributed by atoms with van der Waals surface area (Å²) in [4.78, 5) is 0. The third-order valence-electron chi connectivity index (χ3n) is 5.21. The number of hydrogen-bond donors (Lipinski definition) is 1. The van der Waals surface area contributed by atoms with Gasteiger partial charge in [-0.3, -0.25) is 0 Å².